The zero-order valence-corrected chi connectivity index (χ0v) is 21.5. The highest BCUT2D eigenvalue weighted by Gasteiger charge is 2.22. The lowest BCUT2D eigenvalue weighted by Gasteiger charge is -2.28. The lowest BCUT2D eigenvalue weighted by molar-refractivity contribution is -0.384. The summed E-state index contributed by atoms with van der Waals surface area (Å²) in [6.45, 7) is 4.87. The second-order valence-corrected chi connectivity index (χ2v) is 9.84. The Balaban J connectivity index is 1.73. The first kappa shape index (κ1) is 26.6. The van der Waals surface area contributed by atoms with Crippen LogP contribution in [0, 0.1) is 10.1 Å². The lowest BCUT2D eigenvalue weighted by atomic mass is 10.1. The minimum atomic E-state index is -0.621. The molecule has 198 valence electrons. The molecule has 0 N–H and O–H groups in total. The number of hydrogen-bond donors (Lipinski definition) is 0. The predicted molar refractivity (Wildman–Crippen MR) is 139 cm³/mol. The molecule has 2 aromatic rings. The van der Waals surface area contributed by atoms with Gasteiger partial charge in [-0.1, -0.05) is 6.07 Å². The summed E-state index contributed by atoms with van der Waals surface area (Å²) in [4.78, 5) is 53.4. The van der Waals surface area contributed by atoms with Crippen molar-refractivity contribution in [2.75, 3.05) is 50.9 Å². The predicted octanol–water partition coefficient (Wildman–Crippen LogP) is 0.840. The molecule has 0 atom stereocenters. The van der Waals surface area contributed by atoms with E-state index in [4.69, 9.17) is 9.47 Å². The Morgan fingerprint density at radius 2 is 1.89 bits per heavy atom. The first-order valence-corrected chi connectivity index (χ1v) is 13.2. The minimum absolute atomic E-state index is 0.0201. The van der Waals surface area contributed by atoms with E-state index in [1.807, 2.05) is 4.90 Å². The molecule has 2 aliphatic heterocycles. The molecule has 4 rings (SSSR count). The zero-order valence-electron chi connectivity index (χ0n) is 20.7. The number of carbonyl (C=O) groups excluding carboxylic acids is 2. The Kier molecular flexibility index (Phi) is 8.72. The number of aromatic nitrogens is 1. The van der Waals surface area contributed by atoms with Gasteiger partial charge in [0.25, 0.3) is 11.2 Å². The van der Waals surface area contributed by atoms with Gasteiger partial charge in [0, 0.05) is 32.2 Å². The smallest absolute Gasteiger partial charge is 0.333 e. The quantitative estimate of drug-likeness (QED) is 0.293. The number of nitrogens with zero attached hydrogens (tertiary/aromatic N) is 4. The minimum Gasteiger partial charge on any atom is -0.463 e. The molecule has 0 spiro atoms. The first-order chi connectivity index (χ1) is 17.9. The summed E-state index contributed by atoms with van der Waals surface area (Å²) in [5, 5.41) is 11.8. The molecule has 2 fully saturated rings. The number of morpholine rings is 1. The summed E-state index contributed by atoms with van der Waals surface area (Å²) in [5.74, 6) is -0.876. The molecule has 0 saturated carbocycles. The molecule has 12 heteroatoms. The molecule has 11 nitrogen and oxygen atoms in total. The SMILES string of the molecule is CCOC(=O)/C=c1\s/c(=C\c2ccc(N3CCCCC3)c([N+](=O)[O-])c2)c(=O)n1CC(=O)N1CCOCC1. The highest BCUT2D eigenvalue weighted by atomic mass is 32.1. The van der Waals surface area contributed by atoms with Gasteiger partial charge in [-0.2, -0.15) is 0 Å². The van der Waals surface area contributed by atoms with Gasteiger partial charge in [-0.05, 0) is 43.9 Å². The molecule has 37 heavy (non-hydrogen) atoms. The summed E-state index contributed by atoms with van der Waals surface area (Å²) in [5.41, 5.74) is 0.580. The van der Waals surface area contributed by atoms with Crippen molar-refractivity contribution < 1.29 is 24.0 Å². The van der Waals surface area contributed by atoms with E-state index in [0.717, 1.165) is 43.7 Å². The largest absolute Gasteiger partial charge is 0.463 e. The highest BCUT2D eigenvalue weighted by molar-refractivity contribution is 7.07. The van der Waals surface area contributed by atoms with Crippen molar-refractivity contribution >= 4 is 46.7 Å². The van der Waals surface area contributed by atoms with Crippen LogP contribution < -0.4 is 19.7 Å². The molecular weight excluding hydrogens is 500 g/mol. The molecule has 1 aromatic heterocycles. The molecule has 3 heterocycles. The van der Waals surface area contributed by atoms with Crippen molar-refractivity contribution in [1.29, 1.82) is 0 Å². The van der Waals surface area contributed by atoms with E-state index in [1.54, 1.807) is 30.0 Å². The van der Waals surface area contributed by atoms with Gasteiger partial charge >= 0.3 is 5.97 Å². The topological polar surface area (TPSA) is 124 Å². The average molecular weight is 531 g/mol. The van der Waals surface area contributed by atoms with E-state index in [2.05, 4.69) is 0 Å². The zero-order chi connectivity index (χ0) is 26.4. The van der Waals surface area contributed by atoms with E-state index in [-0.39, 0.29) is 33.9 Å². The number of rotatable bonds is 7. The number of benzene rings is 1. The molecule has 2 saturated heterocycles. The highest BCUT2D eigenvalue weighted by Crippen LogP contribution is 2.31. The Bertz CT molecular complexity index is 1340. The number of nitro groups is 1. The van der Waals surface area contributed by atoms with Gasteiger partial charge in [0.1, 0.15) is 16.9 Å². The second kappa shape index (κ2) is 12.2. The van der Waals surface area contributed by atoms with E-state index < -0.39 is 16.5 Å². The molecule has 1 amide bonds. The number of anilines is 1. The summed E-state index contributed by atoms with van der Waals surface area (Å²) in [7, 11) is 0. The van der Waals surface area contributed by atoms with Crippen LogP contribution in [-0.4, -0.2) is 72.3 Å². The van der Waals surface area contributed by atoms with E-state index >= 15 is 0 Å². The molecule has 0 bridgehead atoms. The van der Waals surface area contributed by atoms with Crippen molar-refractivity contribution in [1.82, 2.24) is 9.47 Å². The fourth-order valence-corrected chi connectivity index (χ4v) is 5.49. The summed E-state index contributed by atoms with van der Waals surface area (Å²) in [6.07, 6.45) is 5.84. The number of carbonyl (C=O) groups is 2. The third-order valence-electron chi connectivity index (χ3n) is 6.31. The second-order valence-electron chi connectivity index (χ2n) is 8.78. The number of thiazole rings is 1. The van der Waals surface area contributed by atoms with E-state index in [1.165, 1.54) is 16.7 Å². The van der Waals surface area contributed by atoms with Crippen LogP contribution in [0.1, 0.15) is 31.7 Å². The molecule has 2 aliphatic rings. The Labute approximate surface area is 217 Å². The van der Waals surface area contributed by atoms with E-state index in [9.17, 15) is 24.5 Å². The first-order valence-electron chi connectivity index (χ1n) is 12.4. The Morgan fingerprint density at radius 1 is 1.16 bits per heavy atom. The van der Waals surface area contributed by atoms with Crippen LogP contribution in [0.25, 0.3) is 12.2 Å². The number of hydrogen-bond acceptors (Lipinski definition) is 9. The van der Waals surface area contributed by atoms with E-state index in [0.29, 0.717) is 37.6 Å². The monoisotopic (exact) mass is 530 g/mol. The maximum absolute atomic E-state index is 13.3. The number of ether oxygens (including phenoxy) is 2. The Morgan fingerprint density at radius 3 is 2.57 bits per heavy atom. The van der Waals surface area contributed by atoms with Crippen LogP contribution in [-0.2, 0) is 25.6 Å². The summed E-state index contributed by atoms with van der Waals surface area (Å²) in [6, 6.07) is 4.92. The normalized spacial score (nSPS) is 17.2. The van der Waals surface area contributed by atoms with Crippen molar-refractivity contribution in [3.05, 3.63) is 53.4 Å². The van der Waals surface area contributed by atoms with Gasteiger partial charge in [0.2, 0.25) is 5.91 Å². The fourth-order valence-electron chi connectivity index (χ4n) is 4.46. The molecule has 1 aromatic carbocycles. The number of nitro benzene ring substituents is 1. The van der Waals surface area contributed by atoms with Gasteiger partial charge in [0.05, 0.1) is 35.4 Å². The van der Waals surface area contributed by atoms with Crippen molar-refractivity contribution in [3.63, 3.8) is 0 Å². The lowest BCUT2D eigenvalue weighted by Crippen LogP contribution is -2.45. The van der Waals surface area contributed by atoms with Crippen LogP contribution in [0.15, 0.2) is 23.0 Å². The maximum atomic E-state index is 13.3. The van der Waals surface area contributed by atoms with Gasteiger partial charge in [-0.3, -0.25) is 24.3 Å². The number of piperidine rings is 1. The van der Waals surface area contributed by atoms with Gasteiger partial charge in [0.15, 0.2) is 0 Å². The van der Waals surface area contributed by atoms with Crippen LogP contribution in [0.2, 0.25) is 0 Å². The van der Waals surface area contributed by atoms with Crippen molar-refractivity contribution in [2.45, 2.75) is 32.7 Å². The van der Waals surface area contributed by atoms with Crippen LogP contribution in [0.4, 0.5) is 11.4 Å². The molecule has 0 unspecified atom stereocenters. The van der Waals surface area contributed by atoms with Gasteiger partial charge < -0.3 is 19.3 Å². The van der Waals surface area contributed by atoms with Crippen molar-refractivity contribution in [2.24, 2.45) is 0 Å². The maximum Gasteiger partial charge on any atom is 0.333 e. The standard InChI is InChI=1S/C25H30N4O7S/c1-2-36-24(31)16-23-28(17-22(30)27-10-12-35-13-11-27)25(32)21(37-23)15-18-6-7-19(20(14-18)29(33)34)26-8-4-3-5-9-26/h6-7,14-16H,2-5,8-13,17H2,1H3/b21-15-,23-16-. The van der Waals surface area contributed by atoms with Crippen molar-refractivity contribution in [3.8, 4) is 0 Å². The third kappa shape index (κ3) is 6.44. The fraction of sp³-hybridized carbons (Fsp3) is 0.480. The van der Waals surface area contributed by atoms with Crippen LogP contribution in [0.5, 0.6) is 0 Å². The van der Waals surface area contributed by atoms with Crippen LogP contribution >= 0.6 is 11.3 Å². The molecular formula is C25H30N4O7S. The number of esters is 1. The Hall–Kier alpha value is -3.51. The average Bonchev–Trinajstić information content (AvgIpc) is 3.18. The van der Waals surface area contributed by atoms with Gasteiger partial charge in [-0.25, -0.2) is 4.79 Å². The molecule has 0 radical (unpaired) electrons. The number of amides is 1. The summed E-state index contributed by atoms with van der Waals surface area (Å²) >= 11 is 1.03. The summed E-state index contributed by atoms with van der Waals surface area (Å²) < 4.78 is 12.1. The molecule has 0 aliphatic carbocycles. The van der Waals surface area contributed by atoms with Gasteiger partial charge in [-0.15, -0.1) is 11.3 Å². The van der Waals surface area contributed by atoms with Crippen LogP contribution in [0.3, 0.4) is 0 Å². The third-order valence-corrected chi connectivity index (χ3v) is 7.37.